The zero-order chi connectivity index (χ0) is 14.1. The molecule has 3 rings (SSSR count). The van der Waals surface area contributed by atoms with E-state index in [0.717, 1.165) is 24.6 Å². The molecule has 20 heavy (non-hydrogen) atoms. The maximum absolute atomic E-state index is 11.8. The van der Waals surface area contributed by atoms with Gasteiger partial charge in [0.25, 0.3) is 0 Å². The second-order valence-electron chi connectivity index (χ2n) is 4.76. The number of hydrogen-bond donors (Lipinski definition) is 0. The van der Waals surface area contributed by atoms with E-state index in [0.29, 0.717) is 17.7 Å². The number of anilines is 1. The summed E-state index contributed by atoms with van der Waals surface area (Å²) in [5.74, 6) is 0.865. The highest BCUT2D eigenvalue weighted by atomic mass is 16.1. The van der Waals surface area contributed by atoms with Crippen molar-refractivity contribution in [3.05, 3.63) is 41.5 Å². The summed E-state index contributed by atoms with van der Waals surface area (Å²) in [5.41, 5.74) is 1.99. The van der Waals surface area contributed by atoms with Gasteiger partial charge in [-0.2, -0.15) is 5.26 Å². The van der Waals surface area contributed by atoms with Crippen molar-refractivity contribution in [2.75, 3.05) is 11.4 Å². The number of fused-ring (bicyclic) bond motifs is 1. The van der Waals surface area contributed by atoms with Crippen LogP contribution in [0, 0.1) is 11.3 Å². The number of ketones is 1. The lowest BCUT2D eigenvalue weighted by atomic mass is 10.0. The van der Waals surface area contributed by atoms with Gasteiger partial charge in [-0.3, -0.25) is 4.79 Å². The lowest BCUT2D eigenvalue weighted by molar-refractivity contribution is 0.101. The zero-order valence-electron chi connectivity index (χ0n) is 11.1. The predicted octanol–water partition coefficient (Wildman–Crippen LogP) is 1.37. The van der Waals surface area contributed by atoms with E-state index in [1.54, 1.807) is 24.5 Å². The summed E-state index contributed by atoms with van der Waals surface area (Å²) < 4.78 is 2.00. The first-order chi connectivity index (χ1) is 9.69. The van der Waals surface area contributed by atoms with Crippen molar-refractivity contribution in [3.8, 4) is 6.07 Å². The summed E-state index contributed by atoms with van der Waals surface area (Å²) in [6.07, 6.45) is 1.71. The van der Waals surface area contributed by atoms with E-state index in [1.165, 1.54) is 6.92 Å². The Balaban J connectivity index is 2.02. The van der Waals surface area contributed by atoms with E-state index in [-0.39, 0.29) is 5.78 Å². The monoisotopic (exact) mass is 267 g/mol. The smallest absolute Gasteiger partial charge is 0.161 e. The Morgan fingerprint density at radius 2 is 2.25 bits per heavy atom. The van der Waals surface area contributed by atoms with Crippen molar-refractivity contribution in [3.63, 3.8) is 0 Å². The molecular formula is C14H13N5O. The Morgan fingerprint density at radius 3 is 3.00 bits per heavy atom. The summed E-state index contributed by atoms with van der Waals surface area (Å²) in [4.78, 5) is 13.8. The summed E-state index contributed by atoms with van der Waals surface area (Å²) in [6.45, 7) is 3.67. The standard InChI is InChI=1S/C14H13N5O/c1-10(20)12-3-2-11(7-15)6-13(12)18-4-5-19-9-16-17-14(19)8-18/h2-3,6,9H,4-5,8H2,1H3. The zero-order valence-corrected chi connectivity index (χ0v) is 11.1. The third-order valence-corrected chi connectivity index (χ3v) is 3.49. The Bertz CT molecular complexity index is 713. The van der Waals surface area contributed by atoms with Gasteiger partial charge in [-0.1, -0.05) is 0 Å². The molecule has 1 aliphatic heterocycles. The molecular weight excluding hydrogens is 254 g/mol. The van der Waals surface area contributed by atoms with Crippen LogP contribution in [0.25, 0.3) is 0 Å². The number of carbonyl (C=O) groups is 1. The molecule has 0 spiro atoms. The molecule has 2 heterocycles. The third kappa shape index (κ3) is 2.03. The van der Waals surface area contributed by atoms with Gasteiger partial charge in [-0.15, -0.1) is 10.2 Å². The third-order valence-electron chi connectivity index (χ3n) is 3.49. The van der Waals surface area contributed by atoms with E-state index in [1.807, 2.05) is 4.57 Å². The quantitative estimate of drug-likeness (QED) is 0.768. The maximum atomic E-state index is 11.8. The van der Waals surface area contributed by atoms with Crippen LogP contribution in [-0.4, -0.2) is 27.1 Å². The highest BCUT2D eigenvalue weighted by Crippen LogP contribution is 2.26. The van der Waals surface area contributed by atoms with E-state index in [4.69, 9.17) is 5.26 Å². The van der Waals surface area contributed by atoms with Gasteiger partial charge in [0.05, 0.1) is 18.2 Å². The Kier molecular flexibility index (Phi) is 2.95. The van der Waals surface area contributed by atoms with E-state index < -0.39 is 0 Å². The molecule has 0 saturated carbocycles. The van der Waals surface area contributed by atoms with Crippen LogP contribution >= 0.6 is 0 Å². The molecule has 100 valence electrons. The molecule has 6 nitrogen and oxygen atoms in total. The van der Waals surface area contributed by atoms with Crippen LogP contribution in [0.15, 0.2) is 24.5 Å². The SMILES string of the molecule is CC(=O)c1ccc(C#N)cc1N1CCn2cnnc2C1. The number of rotatable bonds is 2. The van der Waals surface area contributed by atoms with Gasteiger partial charge in [-0.05, 0) is 25.1 Å². The summed E-state index contributed by atoms with van der Waals surface area (Å²) in [5, 5.41) is 17.0. The van der Waals surface area contributed by atoms with Crippen LogP contribution in [0.5, 0.6) is 0 Å². The minimum Gasteiger partial charge on any atom is -0.362 e. The van der Waals surface area contributed by atoms with E-state index >= 15 is 0 Å². The van der Waals surface area contributed by atoms with Gasteiger partial charge in [0.1, 0.15) is 6.33 Å². The lowest BCUT2D eigenvalue weighted by Crippen LogP contribution is -2.34. The number of nitrogens with zero attached hydrogens (tertiary/aromatic N) is 5. The average Bonchev–Trinajstić information content (AvgIpc) is 2.93. The first kappa shape index (κ1) is 12.4. The van der Waals surface area contributed by atoms with Crippen molar-refractivity contribution in [1.82, 2.24) is 14.8 Å². The highest BCUT2D eigenvalue weighted by molar-refractivity contribution is 6.00. The fourth-order valence-corrected chi connectivity index (χ4v) is 2.43. The van der Waals surface area contributed by atoms with E-state index in [9.17, 15) is 4.79 Å². The normalized spacial score (nSPS) is 13.7. The number of carbonyl (C=O) groups excluding carboxylic acids is 1. The molecule has 1 aromatic carbocycles. The van der Waals surface area contributed by atoms with Crippen LogP contribution in [-0.2, 0) is 13.1 Å². The van der Waals surface area contributed by atoms with Gasteiger partial charge >= 0.3 is 0 Å². The van der Waals surface area contributed by atoms with Gasteiger partial charge in [-0.25, -0.2) is 0 Å². The summed E-state index contributed by atoms with van der Waals surface area (Å²) in [6, 6.07) is 7.27. The Morgan fingerprint density at radius 1 is 1.40 bits per heavy atom. The molecule has 0 atom stereocenters. The minimum absolute atomic E-state index is 0.00321. The second kappa shape index (κ2) is 4.78. The maximum Gasteiger partial charge on any atom is 0.161 e. The van der Waals surface area contributed by atoms with Gasteiger partial charge in [0, 0.05) is 24.3 Å². The van der Waals surface area contributed by atoms with Crippen molar-refractivity contribution in [1.29, 1.82) is 5.26 Å². The fourth-order valence-electron chi connectivity index (χ4n) is 2.43. The molecule has 1 aromatic heterocycles. The van der Waals surface area contributed by atoms with Crippen LogP contribution < -0.4 is 4.90 Å². The second-order valence-corrected chi connectivity index (χ2v) is 4.76. The molecule has 0 saturated heterocycles. The molecule has 0 fully saturated rings. The first-order valence-electron chi connectivity index (χ1n) is 6.36. The number of benzene rings is 1. The molecule has 0 radical (unpaired) electrons. The molecule has 2 aromatic rings. The minimum atomic E-state index is -0.00321. The largest absolute Gasteiger partial charge is 0.362 e. The van der Waals surface area contributed by atoms with Crippen LogP contribution in [0.2, 0.25) is 0 Å². The van der Waals surface area contributed by atoms with Crippen molar-refractivity contribution in [2.24, 2.45) is 0 Å². The number of nitriles is 1. The summed E-state index contributed by atoms with van der Waals surface area (Å²) >= 11 is 0. The Labute approximate surface area is 116 Å². The van der Waals surface area contributed by atoms with Gasteiger partial charge in [0.15, 0.2) is 11.6 Å². The van der Waals surface area contributed by atoms with E-state index in [2.05, 4.69) is 21.2 Å². The molecule has 0 aliphatic carbocycles. The van der Waals surface area contributed by atoms with Crippen LogP contribution in [0.3, 0.4) is 0 Å². The number of Topliss-reactive ketones (excluding diaryl/α,β-unsaturated/α-hetero) is 1. The molecule has 6 heteroatoms. The molecule has 0 bridgehead atoms. The Hall–Kier alpha value is -2.68. The molecule has 0 N–H and O–H groups in total. The van der Waals surface area contributed by atoms with Crippen molar-refractivity contribution >= 4 is 11.5 Å². The average molecular weight is 267 g/mol. The molecule has 0 amide bonds. The topological polar surface area (TPSA) is 74.8 Å². The number of aromatic nitrogens is 3. The first-order valence-corrected chi connectivity index (χ1v) is 6.36. The highest BCUT2D eigenvalue weighted by Gasteiger charge is 2.21. The van der Waals surface area contributed by atoms with Crippen molar-refractivity contribution < 1.29 is 4.79 Å². The van der Waals surface area contributed by atoms with Gasteiger partial charge in [0.2, 0.25) is 0 Å². The molecule has 1 aliphatic rings. The fraction of sp³-hybridized carbons (Fsp3) is 0.286. The molecule has 0 unspecified atom stereocenters. The lowest BCUT2D eigenvalue weighted by Gasteiger charge is -2.30. The number of hydrogen-bond acceptors (Lipinski definition) is 5. The summed E-state index contributed by atoms with van der Waals surface area (Å²) in [7, 11) is 0. The van der Waals surface area contributed by atoms with Crippen molar-refractivity contribution in [2.45, 2.75) is 20.0 Å². The van der Waals surface area contributed by atoms with Gasteiger partial charge < -0.3 is 9.47 Å². The van der Waals surface area contributed by atoms with Crippen LogP contribution in [0.1, 0.15) is 28.7 Å². The predicted molar refractivity (Wildman–Crippen MR) is 72.2 cm³/mol. The van der Waals surface area contributed by atoms with Crippen LogP contribution in [0.4, 0.5) is 5.69 Å².